The molecule has 0 aromatic heterocycles. The molecule has 1 fully saturated rings. The topological polar surface area (TPSA) is 35.5 Å². The summed E-state index contributed by atoms with van der Waals surface area (Å²) >= 11 is 0. The first-order valence-corrected chi connectivity index (χ1v) is 7.12. The van der Waals surface area contributed by atoms with Gasteiger partial charge < -0.3 is 9.47 Å². The smallest absolute Gasteiger partial charge is 0.138 e. The van der Waals surface area contributed by atoms with Crippen molar-refractivity contribution in [2.24, 2.45) is 5.41 Å². The van der Waals surface area contributed by atoms with E-state index in [0.717, 1.165) is 26.1 Å². The number of ketones is 1. The number of carbonyl (C=O) groups is 1. The maximum Gasteiger partial charge on any atom is 0.138 e. The molecule has 0 unspecified atom stereocenters. The Balaban J connectivity index is -0.000000274. The van der Waals surface area contributed by atoms with Crippen molar-refractivity contribution in [2.45, 2.75) is 60.8 Å². The molecule has 0 aromatic rings. The van der Waals surface area contributed by atoms with E-state index in [2.05, 4.69) is 11.7 Å². The van der Waals surface area contributed by atoms with Gasteiger partial charge in [0.25, 0.3) is 0 Å². The van der Waals surface area contributed by atoms with Gasteiger partial charge in [-0.15, -0.1) is 0 Å². The van der Waals surface area contributed by atoms with Crippen molar-refractivity contribution in [3.05, 3.63) is 0 Å². The Hall–Kier alpha value is -0.410. The number of methoxy groups -OCH3 is 1. The Morgan fingerprint density at radius 3 is 1.72 bits per heavy atom. The van der Waals surface area contributed by atoms with Crippen LogP contribution in [0.3, 0.4) is 0 Å². The van der Waals surface area contributed by atoms with E-state index in [1.807, 2.05) is 34.6 Å². The van der Waals surface area contributed by atoms with Crippen LogP contribution in [0.4, 0.5) is 0 Å². The summed E-state index contributed by atoms with van der Waals surface area (Å²) in [5.74, 6) is 0.390. The predicted octanol–water partition coefficient (Wildman–Crippen LogP) is 4.10. The maximum atomic E-state index is 11.4. The van der Waals surface area contributed by atoms with Crippen molar-refractivity contribution in [2.75, 3.05) is 27.4 Å². The highest BCUT2D eigenvalue weighted by Gasteiger charge is 2.33. The van der Waals surface area contributed by atoms with Gasteiger partial charge in [0.15, 0.2) is 0 Å². The summed E-state index contributed by atoms with van der Waals surface area (Å²) in [6, 6.07) is 0. The summed E-state index contributed by atoms with van der Waals surface area (Å²) in [7, 11) is 3.25. The normalized spacial score (nSPS) is 15.8. The fraction of sp³-hybridized carbons (Fsp3) is 0.933. The third-order valence-electron chi connectivity index (χ3n) is 2.59. The second kappa shape index (κ2) is 16.6. The lowest BCUT2D eigenvalue weighted by atomic mass is 9.77. The third kappa shape index (κ3) is 10.7. The van der Waals surface area contributed by atoms with E-state index < -0.39 is 0 Å². The van der Waals surface area contributed by atoms with Crippen molar-refractivity contribution in [3.63, 3.8) is 0 Å². The van der Waals surface area contributed by atoms with E-state index in [9.17, 15) is 4.79 Å². The van der Waals surface area contributed by atoms with Crippen molar-refractivity contribution >= 4 is 5.78 Å². The Kier molecular flexibility index (Phi) is 21.0. The second-order valence-electron chi connectivity index (χ2n) is 3.86. The molecule has 18 heavy (non-hydrogen) atoms. The predicted molar refractivity (Wildman–Crippen MR) is 79.1 cm³/mol. The lowest BCUT2D eigenvalue weighted by Crippen LogP contribution is -2.33. The van der Waals surface area contributed by atoms with Crippen LogP contribution in [-0.4, -0.2) is 33.2 Å². The molecule has 1 saturated heterocycles. The van der Waals surface area contributed by atoms with Gasteiger partial charge in [0.1, 0.15) is 5.78 Å². The number of ether oxygens (including phenoxy) is 2. The van der Waals surface area contributed by atoms with E-state index in [1.165, 1.54) is 0 Å². The average molecular weight is 262 g/mol. The fourth-order valence-corrected chi connectivity index (χ4v) is 1.53. The minimum atomic E-state index is -0.0764. The SMILES string of the molecule is CC.CC.CCC(=O)C1(C)CCOCC1.COC. The molecule has 0 saturated carbocycles. The molecular weight excluding hydrogens is 228 g/mol. The lowest BCUT2D eigenvalue weighted by molar-refractivity contribution is -0.132. The van der Waals surface area contributed by atoms with Gasteiger partial charge in [-0.25, -0.2) is 0 Å². The van der Waals surface area contributed by atoms with Gasteiger partial charge in [-0.3, -0.25) is 4.79 Å². The van der Waals surface area contributed by atoms with Crippen molar-refractivity contribution in [1.29, 1.82) is 0 Å². The van der Waals surface area contributed by atoms with Crippen LogP contribution in [0, 0.1) is 5.41 Å². The highest BCUT2D eigenvalue weighted by atomic mass is 16.5. The highest BCUT2D eigenvalue weighted by Crippen LogP contribution is 2.31. The minimum Gasteiger partial charge on any atom is -0.388 e. The second-order valence-corrected chi connectivity index (χ2v) is 3.86. The van der Waals surface area contributed by atoms with Crippen molar-refractivity contribution in [1.82, 2.24) is 0 Å². The molecule has 0 spiro atoms. The van der Waals surface area contributed by atoms with Crippen molar-refractivity contribution in [3.8, 4) is 0 Å². The fourth-order valence-electron chi connectivity index (χ4n) is 1.53. The number of carbonyl (C=O) groups excluding carboxylic acids is 1. The molecular formula is C15H34O3. The molecule has 0 N–H and O–H groups in total. The van der Waals surface area contributed by atoms with Crippen LogP contribution < -0.4 is 0 Å². The number of hydrogen-bond acceptors (Lipinski definition) is 3. The van der Waals surface area contributed by atoms with Gasteiger partial charge in [0.2, 0.25) is 0 Å². The standard InChI is InChI=1S/C9H16O2.C2H6O.2C2H6/c1-3-8(10)9(2)4-6-11-7-5-9;1-3-2;2*1-2/h3-7H2,1-2H3;1-2H3;2*1-2H3. The molecule has 0 bridgehead atoms. The zero-order valence-corrected chi connectivity index (χ0v) is 13.8. The Morgan fingerprint density at radius 1 is 1.11 bits per heavy atom. The van der Waals surface area contributed by atoms with Gasteiger partial charge in [0, 0.05) is 39.3 Å². The first kappa shape index (κ1) is 22.7. The van der Waals surface area contributed by atoms with E-state index in [-0.39, 0.29) is 5.41 Å². The first-order valence-electron chi connectivity index (χ1n) is 7.12. The molecule has 0 amide bonds. The largest absolute Gasteiger partial charge is 0.388 e. The number of hydrogen-bond donors (Lipinski definition) is 0. The molecule has 3 heteroatoms. The minimum absolute atomic E-state index is 0.0764. The van der Waals surface area contributed by atoms with Crippen LogP contribution in [0.15, 0.2) is 0 Å². The summed E-state index contributed by atoms with van der Waals surface area (Å²) in [4.78, 5) is 11.4. The first-order chi connectivity index (χ1) is 8.60. The molecule has 0 atom stereocenters. The summed E-state index contributed by atoms with van der Waals surface area (Å²) < 4.78 is 9.46. The summed E-state index contributed by atoms with van der Waals surface area (Å²) in [6.45, 7) is 13.5. The lowest BCUT2D eigenvalue weighted by Gasteiger charge is -2.31. The van der Waals surface area contributed by atoms with E-state index >= 15 is 0 Å². The Bertz CT molecular complexity index is 161. The molecule has 3 nitrogen and oxygen atoms in total. The van der Waals surface area contributed by atoms with E-state index in [0.29, 0.717) is 12.2 Å². The van der Waals surface area contributed by atoms with Crippen LogP contribution in [0.5, 0.6) is 0 Å². The molecule has 1 heterocycles. The number of rotatable bonds is 2. The molecule has 1 aliphatic heterocycles. The van der Waals surface area contributed by atoms with Crippen LogP contribution in [0.25, 0.3) is 0 Å². The van der Waals surface area contributed by atoms with E-state index in [1.54, 1.807) is 14.2 Å². The zero-order chi connectivity index (χ0) is 15.0. The maximum absolute atomic E-state index is 11.4. The van der Waals surface area contributed by atoms with Crippen LogP contribution in [0.1, 0.15) is 60.8 Å². The van der Waals surface area contributed by atoms with Crippen molar-refractivity contribution < 1.29 is 14.3 Å². The summed E-state index contributed by atoms with van der Waals surface area (Å²) in [6.07, 6.45) is 2.47. The quantitative estimate of drug-likeness (QED) is 0.751. The summed E-state index contributed by atoms with van der Waals surface area (Å²) in [5, 5.41) is 0. The van der Waals surface area contributed by atoms with Gasteiger partial charge in [0.05, 0.1) is 0 Å². The molecule has 112 valence electrons. The van der Waals surface area contributed by atoms with Gasteiger partial charge in [-0.05, 0) is 12.8 Å². The van der Waals surface area contributed by atoms with Gasteiger partial charge in [-0.1, -0.05) is 41.5 Å². The molecule has 0 aromatic carbocycles. The van der Waals surface area contributed by atoms with Gasteiger partial charge >= 0.3 is 0 Å². The highest BCUT2D eigenvalue weighted by molar-refractivity contribution is 5.84. The van der Waals surface area contributed by atoms with Gasteiger partial charge in [-0.2, -0.15) is 0 Å². The average Bonchev–Trinajstić information content (AvgIpc) is 2.44. The molecule has 1 rings (SSSR count). The number of Topliss-reactive ketones (excluding diaryl/α,β-unsaturated/α-hetero) is 1. The molecule has 0 radical (unpaired) electrons. The Labute approximate surface area is 114 Å². The summed E-state index contributed by atoms with van der Waals surface area (Å²) in [5.41, 5.74) is -0.0764. The molecule has 0 aliphatic carbocycles. The van der Waals surface area contributed by atoms with Crippen LogP contribution in [0.2, 0.25) is 0 Å². The van der Waals surface area contributed by atoms with Crippen LogP contribution >= 0.6 is 0 Å². The zero-order valence-electron chi connectivity index (χ0n) is 13.8. The Morgan fingerprint density at radius 2 is 1.44 bits per heavy atom. The molecule has 1 aliphatic rings. The van der Waals surface area contributed by atoms with Crippen LogP contribution in [-0.2, 0) is 14.3 Å². The monoisotopic (exact) mass is 262 g/mol. The third-order valence-corrected chi connectivity index (χ3v) is 2.59. The van der Waals surface area contributed by atoms with E-state index in [4.69, 9.17) is 4.74 Å².